The number of aliphatic hydroxyl groups excluding tert-OH is 16. The normalized spacial score (nSPS) is 45.2. The van der Waals surface area contributed by atoms with Crippen LogP contribution in [0.2, 0.25) is 0 Å². The van der Waals surface area contributed by atoms with Gasteiger partial charge in [-0.1, -0.05) is 0 Å². The smallest absolute Gasteiger partial charge is 0.217 e. The lowest BCUT2D eigenvalue weighted by molar-refractivity contribution is -0.402. The van der Waals surface area contributed by atoms with E-state index in [9.17, 15) is 81.4 Å². The Balaban J connectivity index is 1.69. The zero-order valence-corrected chi connectivity index (χ0v) is 31.1. The first-order chi connectivity index (χ1) is 27.3. The Labute approximate surface area is 329 Å². The Morgan fingerprint density at radius 2 is 1.05 bits per heavy atom. The van der Waals surface area contributed by atoms with E-state index in [4.69, 9.17) is 43.0 Å². The fourth-order valence-electron chi connectivity index (χ4n) is 6.68. The number of hydrogen-bond acceptors (Lipinski definition) is 25. The van der Waals surface area contributed by atoms with Crippen LogP contribution in [0.5, 0.6) is 0 Å². The van der Waals surface area contributed by atoms with Crippen molar-refractivity contribution in [2.75, 3.05) is 33.0 Å². The van der Waals surface area contributed by atoms with Gasteiger partial charge in [0.15, 0.2) is 36.7 Å². The third-order valence-electron chi connectivity index (χ3n) is 10.0. The maximum atomic E-state index is 12.3. The van der Waals surface area contributed by atoms with E-state index in [1.54, 1.807) is 0 Å². The molecule has 0 radical (unpaired) electrons. The molecule has 4 rings (SSSR count). The molecule has 0 aromatic rings. The molecule has 4 saturated heterocycles. The fraction of sp³-hybridized carbons (Fsp3) is 0.906. The Bertz CT molecular complexity index is 1330. The van der Waals surface area contributed by atoms with E-state index in [1.165, 1.54) is 6.92 Å². The summed E-state index contributed by atoms with van der Waals surface area (Å²) in [5.74, 6) is -3.20. The third-order valence-corrected chi connectivity index (χ3v) is 10.0. The monoisotopic (exact) mass is 853 g/mol. The molecule has 17 N–H and O–H groups in total. The lowest BCUT2D eigenvalue weighted by Gasteiger charge is -2.50. The minimum Gasteiger partial charge on any atom is -0.506 e. The first kappa shape index (κ1) is 48.6. The molecule has 26 heteroatoms. The van der Waals surface area contributed by atoms with Crippen molar-refractivity contribution in [3.8, 4) is 0 Å². The van der Waals surface area contributed by atoms with Crippen molar-refractivity contribution in [3.63, 3.8) is 0 Å². The maximum Gasteiger partial charge on any atom is 0.217 e. The molecule has 0 saturated carbocycles. The molecule has 26 nitrogen and oxygen atoms in total. The van der Waals surface area contributed by atoms with Crippen molar-refractivity contribution in [2.45, 2.75) is 149 Å². The zero-order chi connectivity index (χ0) is 43.3. The number of rotatable bonds is 16. The van der Waals surface area contributed by atoms with Gasteiger partial charge in [0.1, 0.15) is 104 Å². The summed E-state index contributed by atoms with van der Waals surface area (Å²) >= 11 is 0. The molecule has 4 fully saturated rings. The summed E-state index contributed by atoms with van der Waals surface area (Å²) in [6.45, 7) is -2.51. The number of carbonyl (C=O) groups is 1. The van der Waals surface area contributed by atoms with Crippen LogP contribution in [0.15, 0.2) is 11.5 Å². The van der Waals surface area contributed by atoms with Gasteiger partial charge in [-0.2, -0.15) is 0 Å². The molecule has 338 valence electrons. The number of hydrogen-bond donors (Lipinski definition) is 17. The van der Waals surface area contributed by atoms with E-state index < -0.39 is 185 Å². The summed E-state index contributed by atoms with van der Waals surface area (Å²) in [6.07, 6.45) is -38.8. The summed E-state index contributed by atoms with van der Waals surface area (Å²) in [4.78, 5) is 12.3. The van der Waals surface area contributed by atoms with Crippen molar-refractivity contribution in [1.82, 2.24) is 5.32 Å². The Kier molecular flexibility index (Phi) is 17.7. The average Bonchev–Trinajstić information content (AvgIpc) is 3.20. The minimum atomic E-state index is -2.07. The van der Waals surface area contributed by atoms with E-state index in [-0.39, 0.29) is 0 Å². The highest BCUT2D eigenvalue weighted by Gasteiger charge is 2.56. The largest absolute Gasteiger partial charge is 0.506 e. The van der Waals surface area contributed by atoms with Gasteiger partial charge in [-0.15, -0.1) is 0 Å². The topological polar surface area (TPSA) is 427 Å². The van der Waals surface area contributed by atoms with Gasteiger partial charge >= 0.3 is 0 Å². The van der Waals surface area contributed by atoms with Gasteiger partial charge in [-0.3, -0.25) is 4.79 Å². The van der Waals surface area contributed by atoms with Crippen molar-refractivity contribution in [3.05, 3.63) is 11.5 Å². The van der Waals surface area contributed by atoms with E-state index >= 15 is 0 Å². The second kappa shape index (κ2) is 21.1. The Morgan fingerprint density at radius 1 is 0.569 bits per heavy atom. The molecule has 2 unspecified atom stereocenters. The molecule has 0 aromatic heterocycles. The van der Waals surface area contributed by atoms with E-state index in [1.807, 2.05) is 0 Å². The molecule has 58 heavy (non-hydrogen) atoms. The second-order valence-electron chi connectivity index (χ2n) is 14.2. The number of aliphatic hydroxyl groups is 16. The van der Waals surface area contributed by atoms with Crippen molar-refractivity contribution >= 4 is 5.91 Å². The Morgan fingerprint density at radius 3 is 1.62 bits per heavy atom. The summed E-state index contributed by atoms with van der Waals surface area (Å²) < 4.78 is 45.8. The molecular formula is C32H55NO25. The molecule has 4 heterocycles. The van der Waals surface area contributed by atoms with Crippen LogP contribution in [0.25, 0.3) is 0 Å². The van der Waals surface area contributed by atoms with Crippen LogP contribution in [0.1, 0.15) is 13.8 Å². The highest BCUT2D eigenvalue weighted by molar-refractivity contribution is 5.73. The Hall–Kier alpha value is -2.07. The highest BCUT2D eigenvalue weighted by atomic mass is 16.8. The SMILES string of the molecule is CC(=O)N[C@H]1[C@H](OCC(O)C(O)=C(O)C(O)CO)O[C@H](CO)[C@@H](O[C@@H]2O[C@H](CO)[C@H](O)[C@H](O[C@H]3O[C@H](CO)[C@H](O)[C@H](O)[C@H]3O)[C@H]2O[C@@H]2O[C@@H](C)[C@@H](O)[C@@H](O)[C@@H]2O)[C@@H]1O. The van der Waals surface area contributed by atoms with Gasteiger partial charge in [0, 0.05) is 6.92 Å². The van der Waals surface area contributed by atoms with Crippen molar-refractivity contribution in [2.24, 2.45) is 0 Å². The van der Waals surface area contributed by atoms with E-state index in [0.717, 1.165) is 6.92 Å². The summed E-state index contributed by atoms with van der Waals surface area (Å²) in [5.41, 5.74) is 0. The van der Waals surface area contributed by atoms with Crippen LogP contribution in [0.4, 0.5) is 0 Å². The molecule has 4 aliphatic heterocycles. The number of carbonyl (C=O) groups excluding carboxylic acids is 1. The van der Waals surface area contributed by atoms with Crippen LogP contribution in [0.3, 0.4) is 0 Å². The first-order valence-electron chi connectivity index (χ1n) is 18.1. The maximum absolute atomic E-state index is 12.3. The number of amides is 1. The average molecular weight is 854 g/mol. The molecule has 0 spiro atoms. The van der Waals surface area contributed by atoms with Gasteiger partial charge in [0.2, 0.25) is 5.91 Å². The predicted octanol–water partition coefficient (Wildman–Crippen LogP) is -9.51. The number of nitrogens with one attached hydrogen (secondary N) is 1. The first-order valence-corrected chi connectivity index (χ1v) is 18.1. The van der Waals surface area contributed by atoms with Gasteiger partial charge in [-0.05, 0) is 6.92 Å². The van der Waals surface area contributed by atoms with Crippen LogP contribution in [-0.2, 0) is 42.7 Å². The van der Waals surface area contributed by atoms with Gasteiger partial charge in [0.05, 0.1) is 39.1 Å². The standard InChI is InChI=1S/C32H55NO25/c1-8-16(41)22(47)24(49)30(52-8)58-28-27(57-31-25(50)23(48)19(44)12(4-35)53-31)20(45)13(5-36)54-32(28)56-26-14(6-37)55-29(15(21(26)46)33-9(2)38)51-7-11(40)18(43)17(42)10(39)3-34/h8,10-16,19-32,34-37,39-50H,3-7H2,1-2H3,(H,33,38)/t8-,10?,11?,12+,13+,14+,15+,16+,19-,20-,21+,22+,23-,24-,25+,26+,27-,28+,29+,30-,31+,32-/m0/s1. The number of ether oxygens (including phenoxy) is 8. The summed E-state index contributed by atoms with van der Waals surface area (Å²) in [7, 11) is 0. The molecule has 0 aromatic carbocycles. The van der Waals surface area contributed by atoms with Crippen LogP contribution < -0.4 is 5.32 Å². The van der Waals surface area contributed by atoms with Gasteiger partial charge in [-0.25, -0.2) is 0 Å². The molecule has 22 atom stereocenters. The second-order valence-corrected chi connectivity index (χ2v) is 14.2. The van der Waals surface area contributed by atoms with Crippen molar-refractivity contribution < 1.29 is 124 Å². The summed E-state index contributed by atoms with van der Waals surface area (Å²) in [5, 5.41) is 167. The van der Waals surface area contributed by atoms with Crippen molar-refractivity contribution in [1.29, 1.82) is 0 Å². The van der Waals surface area contributed by atoms with Crippen LogP contribution in [0, 0.1) is 0 Å². The van der Waals surface area contributed by atoms with Gasteiger partial charge < -0.3 is 125 Å². The lowest BCUT2D eigenvalue weighted by atomic mass is 9.94. The lowest BCUT2D eigenvalue weighted by Crippen LogP contribution is -2.69. The molecular weight excluding hydrogens is 798 g/mol. The van der Waals surface area contributed by atoms with Crippen LogP contribution >= 0.6 is 0 Å². The molecule has 0 bridgehead atoms. The third kappa shape index (κ3) is 10.7. The highest BCUT2D eigenvalue weighted by Crippen LogP contribution is 2.36. The zero-order valence-electron chi connectivity index (χ0n) is 31.1. The quantitative estimate of drug-likeness (QED) is 0.0641. The van der Waals surface area contributed by atoms with Gasteiger partial charge in [0.25, 0.3) is 0 Å². The molecule has 4 aliphatic rings. The summed E-state index contributed by atoms with van der Waals surface area (Å²) in [6, 6.07) is -1.65. The predicted molar refractivity (Wildman–Crippen MR) is 179 cm³/mol. The van der Waals surface area contributed by atoms with E-state index in [2.05, 4.69) is 5.32 Å². The van der Waals surface area contributed by atoms with Crippen LogP contribution in [-0.4, -0.2) is 256 Å². The fourth-order valence-corrected chi connectivity index (χ4v) is 6.68. The molecule has 0 aliphatic carbocycles. The minimum absolute atomic E-state index is 0.792. The van der Waals surface area contributed by atoms with E-state index in [0.29, 0.717) is 0 Å². The molecule has 1 amide bonds.